The summed E-state index contributed by atoms with van der Waals surface area (Å²) in [6.07, 6.45) is 8.40. The second-order valence-electron chi connectivity index (χ2n) is 7.61. The summed E-state index contributed by atoms with van der Waals surface area (Å²) in [5, 5.41) is 0. The summed E-state index contributed by atoms with van der Waals surface area (Å²) in [4.78, 5) is 0. The molecule has 0 fully saturated rings. The van der Waals surface area contributed by atoms with Gasteiger partial charge in [0, 0.05) is 24.3 Å². The van der Waals surface area contributed by atoms with Crippen LogP contribution in [0.5, 0.6) is 0 Å². The predicted octanol–water partition coefficient (Wildman–Crippen LogP) is 4.33. The summed E-state index contributed by atoms with van der Waals surface area (Å²) >= 11 is 0. The van der Waals surface area contributed by atoms with E-state index < -0.39 is 0 Å². The first-order valence-corrected chi connectivity index (χ1v) is 11.1. The van der Waals surface area contributed by atoms with Crippen molar-refractivity contribution in [2.45, 2.75) is 13.1 Å². The quantitative estimate of drug-likeness (QED) is 0.264. The number of hydrogen-bond acceptors (Lipinski definition) is 2. The Hall–Kier alpha value is -3.34. The fraction of sp³-hybridized carbons (Fsp3) is 0.214. The molecule has 0 aliphatic rings. The predicted molar refractivity (Wildman–Crippen MR) is 126 cm³/mol. The number of ether oxygens (including phenoxy) is 2. The van der Waals surface area contributed by atoms with Gasteiger partial charge in [-0.15, -0.1) is 0 Å². The molecular weight excluding hydrogens is 396 g/mol. The highest BCUT2D eigenvalue weighted by atomic mass is 16.5. The minimum absolute atomic E-state index is 0.611. The van der Waals surface area contributed by atoms with Gasteiger partial charge >= 0.3 is 0 Å². The summed E-state index contributed by atoms with van der Waals surface area (Å²) in [6.45, 7) is 4.24. The molecule has 2 aromatic carbocycles. The van der Waals surface area contributed by atoms with Crippen LogP contribution in [0.25, 0.3) is 22.3 Å². The lowest BCUT2D eigenvalue weighted by Crippen LogP contribution is -2.35. The first-order chi connectivity index (χ1) is 15.9. The Morgan fingerprint density at radius 3 is 1.12 bits per heavy atom. The van der Waals surface area contributed by atoms with Crippen molar-refractivity contribution < 1.29 is 18.6 Å². The number of rotatable bonds is 11. The highest BCUT2D eigenvalue weighted by Crippen LogP contribution is 2.17. The Labute approximate surface area is 190 Å². The lowest BCUT2D eigenvalue weighted by Gasteiger charge is -2.05. The third-order valence-corrected chi connectivity index (χ3v) is 5.36. The monoisotopic (exact) mass is 426 g/mol. The zero-order chi connectivity index (χ0) is 21.8. The fourth-order valence-corrected chi connectivity index (χ4v) is 3.52. The van der Waals surface area contributed by atoms with Gasteiger partial charge in [-0.25, -0.2) is 9.13 Å². The fourth-order valence-electron chi connectivity index (χ4n) is 3.52. The molecule has 4 nitrogen and oxygen atoms in total. The Kier molecular flexibility index (Phi) is 8.13. The molecule has 0 unspecified atom stereocenters. The molecule has 4 heteroatoms. The van der Waals surface area contributed by atoms with E-state index in [2.05, 4.69) is 107 Å². The zero-order valence-corrected chi connectivity index (χ0v) is 18.3. The molecule has 0 saturated heterocycles. The SMILES string of the molecule is c1ccc(-c2cc[n+](CCOCCOCC[n+]3ccc(-c4ccccc4)cc3)cc2)cc1. The van der Waals surface area contributed by atoms with E-state index in [-0.39, 0.29) is 0 Å². The van der Waals surface area contributed by atoms with Crippen LogP contribution in [0.15, 0.2) is 110 Å². The van der Waals surface area contributed by atoms with Crippen LogP contribution in [0.3, 0.4) is 0 Å². The topological polar surface area (TPSA) is 26.2 Å². The number of aromatic nitrogens is 2. The van der Waals surface area contributed by atoms with E-state index in [4.69, 9.17) is 9.47 Å². The van der Waals surface area contributed by atoms with Crippen LogP contribution in [0, 0.1) is 0 Å². The highest BCUT2D eigenvalue weighted by molar-refractivity contribution is 5.62. The molecule has 162 valence electrons. The highest BCUT2D eigenvalue weighted by Gasteiger charge is 2.04. The van der Waals surface area contributed by atoms with Crippen molar-refractivity contribution in [3.05, 3.63) is 110 Å². The number of benzene rings is 2. The molecule has 0 aliphatic heterocycles. The average Bonchev–Trinajstić information content (AvgIpc) is 2.87. The van der Waals surface area contributed by atoms with Gasteiger partial charge in [0.1, 0.15) is 13.2 Å². The third kappa shape index (κ3) is 6.58. The molecule has 0 spiro atoms. The maximum Gasteiger partial charge on any atom is 0.171 e. The largest absolute Gasteiger partial charge is 0.372 e. The average molecular weight is 427 g/mol. The lowest BCUT2D eigenvalue weighted by atomic mass is 10.1. The summed E-state index contributed by atoms with van der Waals surface area (Å²) in [5.74, 6) is 0. The molecule has 0 radical (unpaired) electrons. The summed E-state index contributed by atoms with van der Waals surface area (Å²) < 4.78 is 15.7. The van der Waals surface area contributed by atoms with Crippen LogP contribution in [0.4, 0.5) is 0 Å². The van der Waals surface area contributed by atoms with Crippen molar-refractivity contribution in [1.29, 1.82) is 0 Å². The lowest BCUT2D eigenvalue weighted by molar-refractivity contribution is -0.699. The van der Waals surface area contributed by atoms with E-state index in [0.717, 1.165) is 13.1 Å². The van der Waals surface area contributed by atoms with E-state index in [9.17, 15) is 0 Å². The Morgan fingerprint density at radius 2 is 0.750 bits per heavy atom. The maximum atomic E-state index is 5.72. The first-order valence-electron chi connectivity index (χ1n) is 11.1. The summed E-state index contributed by atoms with van der Waals surface area (Å²) in [7, 11) is 0. The minimum Gasteiger partial charge on any atom is -0.372 e. The summed E-state index contributed by atoms with van der Waals surface area (Å²) in [5.41, 5.74) is 4.92. The number of pyridine rings is 2. The molecule has 32 heavy (non-hydrogen) atoms. The van der Waals surface area contributed by atoms with Gasteiger partial charge in [-0.1, -0.05) is 60.7 Å². The van der Waals surface area contributed by atoms with Gasteiger partial charge in [0.2, 0.25) is 0 Å². The summed E-state index contributed by atoms with van der Waals surface area (Å²) in [6, 6.07) is 29.4. The van der Waals surface area contributed by atoms with E-state index in [1.54, 1.807) is 0 Å². The number of hydrogen-bond donors (Lipinski definition) is 0. The smallest absolute Gasteiger partial charge is 0.171 e. The van der Waals surface area contributed by atoms with Crippen molar-refractivity contribution in [2.24, 2.45) is 0 Å². The van der Waals surface area contributed by atoms with Gasteiger partial charge in [0.25, 0.3) is 0 Å². The van der Waals surface area contributed by atoms with Gasteiger partial charge in [-0.3, -0.25) is 0 Å². The van der Waals surface area contributed by atoms with Crippen molar-refractivity contribution in [3.8, 4) is 22.3 Å². The molecule has 2 heterocycles. The second kappa shape index (κ2) is 11.9. The second-order valence-corrected chi connectivity index (χ2v) is 7.61. The zero-order valence-electron chi connectivity index (χ0n) is 18.3. The van der Waals surface area contributed by atoms with Gasteiger partial charge in [-0.05, 0) is 22.3 Å². The van der Waals surface area contributed by atoms with Gasteiger partial charge < -0.3 is 9.47 Å². The minimum atomic E-state index is 0.611. The van der Waals surface area contributed by atoms with Crippen LogP contribution in [-0.4, -0.2) is 26.4 Å². The molecule has 4 aromatic rings. The van der Waals surface area contributed by atoms with Crippen LogP contribution < -0.4 is 9.13 Å². The van der Waals surface area contributed by atoms with Crippen LogP contribution in [0.1, 0.15) is 0 Å². The first kappa shape index (κ1) is 21.9. The van der Waals surface area contributed by atoms with Crippen LogP contribution in [-0.2, 0) is 22.6 Å². The Morgan fingerprint density at radius 1 is 0.406 bits per heavy atom. The van der Waals surface area contributed by atoms with E-state index in [1.807, 2.05) is 12.1 Å². The Bertz CT molecular complexity index is 961. The van der Waals surface area contributed by atoms with Crippen molar-refractivity contribution >= 4 is 0 Å². The molecule has 0 amide bonds. The van der Waals surface area contributed by atoms with Gasteiger partial charge in [0.15, 0.2) is 37.9 Å². The molecule has 0 aliphatic carbocycles. The normalized spacial score (nSPS) is 10.9. The van der Waals surface area contributed by atoms with E-state index >= 15 is 0 Å². The molecular formula is C28H30N2O2+2. The van der Waals surface area contributed by atoms with Gasteiger partial charge in [-0.2, -0.15) is 0 Å². The van der Waals surface area contributed by atoms with E-state index in [1.165, 1.54) is 22.3 Å². The van der Waals surface area contributed by atoms with Crippen molar-refractivity contribution in [3.63, 3.8) is 0 Å². The molecule has 4 rings (SSSR count). The molecule has 0 atom stereocenters. The molecule has 0 saturated carbocycles. The molecule has 2 aromatic heterocycles. The maximum absolute atomic E-state index is 5.72. The van der Waals surface area contributed by atoms with Crippen LogP contribution >= 0.6 is 0 Å². The molecule has 0 N–H and O–H groups in total. The number of nitrogens with zero attached hydrogens (tertiary/aromatic N) is 2. The van der Waals surface area contributed by atoms with Crippen molar-refractivity contribution in [1.82, 2.24) is 0 Å². The van der Waals surface area contributed by atoms with Crippen molar-refractivity contribution in [2.75, 3.05) is 26.4 Å². The van der Waals surface area contributed by atoms with E-state index in [0.29, 0.717) is 26.4 Å². The van der Waals surface area contributed by atoms with Gasteiger partial charge in [0.05, 0.1) is 13.2 Å². The molecule has 0 bridgehead atoms. The Balaban J connectivity index is 1.08. The van der Waals surface area contributed by atoms with Crippen LogP contribution in [0.2, 0.25) is 0 Å². The third-order valence-electron chi connectivity index (χ3n) is 5.36. The standard InChI is InChI=1S/C28H30N2O2/c1-3-7-25(8-4-1)27-11-15-29(16-12-27)19-21-31-23-24-32-22-20-30-17-13-28(14-18-30)26-9-5-2-6-10-26/h1-18H,19-24H2/q+2.